The molecule has 2 aromatic rings. The first kappa shape index (κ1) is 27.4. The number of hydrogen-bond donors (Lipinski definition) is 2. The molecule has 1 atom stereocenters. The molecule has 0 spiro atoms. The van der Waals surface area contributed by atoms with Crippen LogP contribution in [0, 0.1) is 5.92 Å². The van der Waals surface area contributed by atoms with Crippen molar-refractivity contribution >= 4 is 52.0 Å². The summed E-state index contributed by atoms with van der Waals surface area (Å²) in [5.74, 6) is -0.828. The maximum Gasteiger partial charge on any atom is 0.261 e. The molecule has 2 N–H and O–H groups in total. The molecule has 0 unspecified atom stereocenters. The second-order valence-corrected chi connectivity index (χ2v) is 10.8. The third-order valence-corrected chi connectivity index (χ3v) is 7.75. The second-order valence-electron chi connectivity index (χ2n) is 9.11. The number of halogens is 3. The van der Waals surface area contributed by atoms with Crippen LogP contribution in [-0.4, -0.2) is 74.5 Å². The Morgan fingerprint density at radius 2 is 1.95 bits per heavy atom. The molecular weight excluding hydrogens is 526 g/mol. The van der Waals surface area contributed by atoms with Crippen molar-refractivity contribution in [2.75, 3.05) is 49.6 Å². The van der Waals surface area contributed by atoms with Crippen LogP contribution in [0.3, 0.4) is 0 Å². The highest BCUT2D eigenvalue weighted by Gasteiger charge is 2.32. The maximum atomic E-state index is 13.5. The van der Waals surface area contributed by atoms with E-state index in [9.17, 15) is 23.2 Å². The summed E-state index contributed by atoms with van der Waals surface area (Å²) in [6.07, 6.45) is 0.261. The Kier molecular flexibility index (Phi) is 9.47. The monoisotopic (exact) mass is 554 g/mol. The number of carbonyl (C=O) groups excluding carboxylic acids is 3. The number of carbonyl (C=O) groups is 3. The van der Waals surface area contributed by atoms with E-state index in [-0.39, 0.29) is 25.0 Å². The Morgan fingerprint density at radius 1 is 1.19 bits per heavy atom. The summed E-state index contributed by atoms with van der Waals surface area (Å²) in [5, 5.41) is 5.50. The number of nitrogens with one attached hydrogen (secondary N) is 2. The van der Waals surface area contributed by atoms with Crippen LogP contribution in [0.25, 0.3) is 0 Å². The first-order chi connectivity index (χ1) is 17.8. The van der Waals surface area contributed by atoms with E-state index in [0.29, 0.717) is 40.3 Å². The van der Waals surface area contributed by atoms with Crippen LogP contribution < -0.4 is 15.5 Å². The maximum absolute atomic E-state index is 13.5. The van der Waals surface area contributed by atoms with Crippen molar-refractivity contribution in [2.24, 2.45) is 5.92 Å². The summed E-state index contributed by atoms with van der Waals surface area (Å²) in [4.78, 5) is 41.5. The fourth-order valence-electron chi connectivity index (χ4n) is 4.36. The van der Waals surface area contributed by atoms with Gasteiger partial charge in [-0.25, -0.2) is 8.78 Å². The molecule has 0 bridgehead atoms. The summed E-state index contributed by atoms with van der Waals surface area (Å²) >= 11 is 7.02. The van der Waals surface area contributed by atoms with Crippen molar-refractivity contribution in [1.29, 1.82) is 0 Å². The number of ether oxygens (including phenoxy) is 1. The molecule has 3 amide bonds. The lowest BCUT2D eigenvalue weighted by Crippen LogP contribution is -2.53. The van der Waals surface area contributed by atoms with Gasteiger partial charge in [0.15, 0.2) is 0 Å². The molecule has 1 aliphatic carbocycles. The number of anilines is 2. The molecule has 0 radical (unpaired) electrons. The number of rotatable bonds is 11. The van der Waals surface area contributed by atoms with Gasteiger partial charge in [0.1, 0.15) is 12.6 Å². The molecule has 1 saturated carbocycles. The van der Waals surface area contributed by atoms with E-state index < -0.39 is 30.8 Å². The normalized spacial score (nSPS) is 17.1. The highest BCUT2D eigenvalue weighted by atomic mass is 35.5. The lowest BCUT2D eigenvalue weighted by atomic mass is 9.85. The van der Waals surface area contributed by atoms with Crippen molar-refractivity contribution in [3.8, 4) is 0 Å². The van der Waals surface area contributed by atoms with Gasteiger partial charge in [0.05, 0.1) is 22.4 Å². The minimum atomic E-state index is -2.63. The van der Waals surface area contributed by atoms with Gasteiger partial charge in [0, 0.05) is 31.0 Å². The Morgan fingerprint density at radius 3 is 2.54 bits per heavy atom. The highest BCUT2D eigenvalue weighted by molar-refractivity contribution is 7.18. The first-order valence-electron chi connectivity index (χ1n) is 12.1. The molecule has 2 heterocycles. The van der Waals surface area contributed by atoms with E-state index in [1.807, 2.05) is 0 Å². The van der Waals surface area contributed by atoms with Crippen LogP contribution in [0.5, 0.6) is 0 Å². The van der Waals surface area contributed by atoms with Crippen LogP contribution in [0.2, 0.25) is 4.34 Å². The summed E-state index contributed by atoms with van der Waals surface area (Å²) in [7, 11) is 0. The number of thiophene rings is 1. The molecule has 1 aromatic carbocycles. The van der Waals surface area contributed by atoms with Gasteiger partial charge in [0.2, 0.25) is 5.91 Å². The third-order valence-electron chi connectivity index (χ3n) is 6.52. The molecule has 1 saturated heterocycles. The largest absolute Gasteiger partial charge is 0.370 e. The topological polar surface area (TPSA) is 91.0 Å². The first-order valence-corrected chi connectivity index (χ1v) is 13.3. The minimum absolute atomic E-state index is 0.0184. The van der Waals surface area contributed by atoms with Crippen molar-refractivity contribution < 1.29 is 27.9 Å². The van der Waals surface area contributed by atoms with E-state index in [0.717, 1.165) is 30.6 Å². The quantitative estimate of drug-likeness (QED) is 0.440. The molecule has 2 aliphatic rings. The standard InChI is InChI=1S/C25H29ClF2N4O4S/c26-21-9-8-20(37-21)25(35)29-12-19(31(14-22(27)28)13-16-2-1-3-16)24(34)30-17-4-6-18(7-5-17)32-10-11-36-15-23(32)33/h4-9,16,19,22H,1-3,10-15H2,(H,29,35)(H,30,34)/t19-/m1/s1. The zero-order valence-electron chi connectivity index (χ0n) is 20.1. The fraction of sp³-hybridized carbons (Fsp3) is 0.480. The number of nitrogens with zero attached hydrogens (tertiary/aromatic N) is 2. The third kappa shape index (κ3) is 7.47. The summed E-state index contributed by atoms with van der Waals surface area (Å²) < 4.78 is 32.6. The lowest BCUT2D eigenvalue weighted by molar-refractivity contribution is -0.125. The van der Waals surface area contributed by atoms with Gasteiger partial charge in [-0.3, -0.25) is 19.3 Å². The average molecular weight is 555 g/mol. The van der Waals surface area contributed by atoms with E-state index in [1.54, 1.807) is 41.3 Å². The van der Waals surface area contributed by atoms with E-state index in [2.05, 4.69) is 10.6 Å². The molecule has 37 heavy (non-hydrogen) atoms. The van der Waals surface area contributed by atoms with Crippen LogP contribution in [0.15, 0.2) is 36.4 Å². The van der Waals surface area contributed by atoms with Crippen molar-refractivity contribution in [1.82, 2.24) is 10.2 Å². The summed E-state index contributed by atoms with van der Waals surface area (Å²) in [6, 6.07) is 8.89. The molecule has 1 aliphatic heterocycles. The van der Waals surface area contributed by atoms with Gasteiger partial charge in [-0.15, -0.1) is 11.3 Å². The molecule has 8 nitrogen and oxygen atoms in total. The zero-order valence-corrected chi connectivity index (χ0v) is 21.7. The van der Waals surface area contributed by atoms with Crippen molar-refractivity contribution in [3.05, 3.63) is 45.6 Å². The Labute approximate surface area is 222 Å². The number of benzene rings is 1. The van der Waals surface area contributed by atoms with Gasteiger partial charge in [-0.2, -0.15) is 0 Å². The Balaban J connectivity index is 1.47. The summed E-state index contributed by atoms with van der Waals surface area (Å²) in [5.41, 5.74) is 1.13. The van der Waals surface area contributed by atoms with Crippen molar-refractivity contribution in [3.63, 3.8) is 0 Å². The molecule has 12 heteroatoms. The zero-order chi connectivity index (χ0) is 26.4. The van der Waals surface area contributed by atoms with Crippen LogP contribution >= 0.6 is 22.9 Å². The van der Waals surface area contributed by atoms with Gasteiger partial charge in [-0.1, -0.05) is 18.0 Å². The van der Waals surface area contributed by atoms with Crippen molar-refractivity contribution in [2.45, 2.75) is 31.7 Å². The fourth-order valence-corrected chi connectivity index (χ4v) is 5.31. The highest BCUT2D eigenvalue weighted by Crippen LogP contribution is 2.28. The van der Waals surface area contributed by atoms with Crippen LogP contribution in [0.4, 0.5) is 20.2 Å². The molecule has 200 valence electrons. The minimum Gasteiger partial charge on any atom is -0.370 e. The second kappa shape index (κ2) is 12.8. The van der Waals surface area contributed by atoms with E-state index in [1.165, 1.54) is 4.90 Å². The number of morpholine rings is 1. The van der Waals surface area contributed by atoms with Gasteiger partial charge >= 0.3 is 0 Å². The average Bonchev–Trinajstić information content (AvgIpc) is 3.28. The summed E-state index contributed by atoms with van der Waals surface area (Å²) in [6.45, 7) is 0.529. The Bertz CT molecular complexity index is 1100. The molecular formula is C25H29ClF2N4O4S. The van der Waals surface area contributed by atoms with Gasteiger partial charge in [-0.05, 0) is 55.2 Å². The van der Waals surface area contributed by atoms with E-state index in [4.69, 9.17) is 16.3 Å². The lowest BCUT2D eigenvalue weighted by Gasteiger charge is -2.36. The van der Waals surface area contributed by atoms with Crippen LogP contribution in [-0.2, 0) is 14.3 Å². The molecule has 1 aromatic heterocycles. The van der Waals surface area contributed by atoms with Crippen LogP contribution in [0.1, 0.15) is 28.9 Å². The van der Waals surface area contributed by atoms with Gasteiger partial charge in [0.25, 0.3) is 18.2 Å². The number of alkyl halides is 2. The predicted octanol–water partition coefficient (Wildman–Crippen LogP) is 3.87. The molecule has 4 rings (SSSR count). The SMILES string of the molecule is O=C(NC[C@H](C(=O)Nc1ccc(N2CCOCC2=O)cc1)N(CC(F)F)CC1CCC1)c1ccc(Cl)s1. The van der Waals surface area contributed by atoms with Gasteiger partial charge < -0.3 is 20.3 Å². The van der Waals surface area contributed by atoms with E-state index >= 15 is 0 Å². The number of amides is 3. The predicted molar refractivity (Wildman–Crippen MR) is 139 cm³/mol. The smallest absolute Gasteiger partial charge is 0.261 e. The Hall–Kier alpha value is -2.60. The number of hydrogen-bond acceptors (Lipinski definition) is 6. The molecule has 2 fully saturated rings.